The molecular formula is C14H19N3. The van der Waals surface area contributed by atoms with Crippen molar-refractivity contribution in [3.63, 3.8) is 0 Å². The predicted molar refractivity (Wildman–Crippen MR) is 72.0 cm³/mol. The summed E-state index contributed by atoms with van der Waals surface area (Å²) in [6, 6.07) is 6.30. The lowest BCUT2D eigenvalue weighted by Gasteiger charge is -2.12. The zero-order chi connectivity index (χ0) is 12.6. The SMILES string of the molecule is Cc1cccc(C)c1-c1[nH]nc(N)c1C(C)C. The molecule has 0 aliphatic carbocycles. The molecule has 2 rings (SSSR count). The zero-order valence-corrected chi connectivity index (χ0v) is 10.8. The first-order valence-electron chi connectivity index (χ1n) is 5.92. The molecule has 1 heterocycles. The molecule has 0 radical (unpaired) electrons. The number of benzene rings is 1. The number of nitrogens with one attached hydrogen (secondary N) is 1. The minimum Gasteiger partial charge on any atom is -0.382 e. The van der Waals surface area contributed by atoms with Crippen LogP contribution in [0.1, 0.15) is 36.5 Å². The van der Waals surface area contributed by atoms with Gasteiger partial charge in [-0.2, -0.15) is 5.10 Å². The monoisotopic (exact) mass is 229 g/mol. The minimum absolute atomic E-state index is 0.364. The normalized spacial score (nSPS) is 11.1. The highest BCUT2D eigenvalue weighted by Gasteiger charge is 2.18. The number of H-pyrrole nitrogens is 1. The molecule has 1 aromatic carbocycles. The van der Waals surface area contributed by atoms with E-state index in [0.29, 0.717) is 11.7 Å². The van der Waals surface area contributed by atoms with Crippen molar-refractivity contribution < 1.29 is 0 Å². The largest absolute Gasteiger partial charge is 0.382 e. The number of hydrogen-bond acceptors (Lipinski definition) is 2. The Balaban J connectivity index is 2.69. The summed E-state index contributed by atoms with van der Waals surface area (Å²) >= 11 is 0. The van der Waals surface area contributed by atoms with Crippen LogP contribution in [0.5, 0.6) is 0 Å². The highest BCUT2D eigenvalue weighted by molar-refractivity contribution is 5.74. The molecule has 0 bridgehead atoms. The van der Waals surface area contributed by atoms with E-state index in [1.807, 2.05) is 0 Å². The second-order valence-electron chi connectivity index (χ2n) is 4.82. The molecule has 1 aromatic heterocycles. The lowest BCUT2D eigenvalue weighted by atomic mass is 9.93. The van der Waals surface area contributed by atoms with Gasteiger partial charge in [-0.1, -0.05) is 32.0 Å². The molecule has 3 N–H and O–H groups in total. The average molecular weight is 229 g/mol. The summed E-state index contributed by atoms with van der Waals surface area (Å²) in [5.41, 5.74) is 11.8. The van der Waals surface area contributed by atoms with Gasteiger partial charge in [-0.25, -0.2) is 0 Å². The molecule has 0 aliphatic heterocycles. The standard InChI is InChI=1S/C14H19N3/c1-8(2)11-13(16-17-14(11)15)12-9(3)6-5-7-10(12)4/h5-8H,1-4H3,(H3,15,16,17). The van der Waals surface area contributed by atoms with Crippen LogP contribution in [-0.4, -0.2) is 10.2 Å². The van der Waals surface area contributed by atoms with E-state index in [9.17, 15) is 0 Å². The minimum atomic E-state index is 0.364. The number of rotatable bonds is 2. The van der Waals surface area contributed by atoms with Gasteiger partial charge in [0.25, 0.3) is 0 Å². The van der Waals surface area contributed by atoms with Crippen molar-refractivity contribution in [1.82, 2.24) is 10.2 Å². The molecule has 2 aromatic rings. The maximum atomic E-state index is 5.94. The van der Waals surface area contributed by atoms with Crippen molar-refractivity contribution >= 4 is 5.82 Å². The first kappa shape index (κ1) is 11.7. The fourth-order valence-corrected chi connectivity index (χ4v) is 2.35. The summed E-state index contributed by atoms with van der Waals surface area (Å²) in [4.78, 5) is 0. The number of aromatic nitrogens is 2. The Kier molecular flexibility index (Phi) is 2.92. The average Bonchev–Trinajstić information content (AvgIpc) is 2.60. The van der Waals surface area contributed by atoms with E-state index in [1.165, 1.54) is 16.7 Å². The topological polar surface area (TPSA) is 54.7 Å². The number of aryl methyl sites for hydroxylation is 2. The molecule has 0 aliphatic rings. The summed E-state index contributed by atoms with van der Waals surface area (Å²) in [7, 11) is 0. The molecule has 0 saturated heterocycles. The number of aromatic amines is 1. The number of anilines is 1. The first-order chi connectivity index (χ1) is 8.02. The van der Waals surface area contributed by atoms with Gasteiger partial charge in [0.15, 0.2) is 0 Å². The van der Waals surface area contributed by atoms with E-state index in [0.717, 1.165) is 11.3 Å². The predicted octanol–water partition coefficient (Wildman–Crippen LogP) is 3.40. The third kappa shape index (κ3) is 1.93. The summed E-state index contributed by atoms with van der Waals surface area (Å²) in [6.07, 6.45) is 0. The summed E-state index contributed by atoms with van der Waals surface area (Å²) < 4.78 is 0. The summed E-state index contributed by atoms with van der Waals surface area (Å²) in [5.74, 6) is 0.973. The van der Waals surface area contributed by atoms with Gasteiger partial charge in [0.05, 0.1) is 5.69 Å². The number of nitrogens with zero attached hydrogens (tertiary/aromatic N) is 1. The fraction of sp³-hybridized carbons (Fsp3) is 0.357. The van der Waals surface area contributed by atoms with Crippen LogP contribution < -0.4 is 5.73 Å². The van der Waals surface area contributed by atoms with Crippen LogP contribution in [0.4, 0.5) is 5.82 Å². The summed E-state index contributed by atoms with van der Waals surface area (Å²) in [5, 5.41) is 7.23. The van der Waals surface area contributed by atoms with Crippen molar-refractivity contribution in [2.75, 3.05) is 5.73 Å². The molecule has 0 fully saturated rings. The Bertz CT molecular complexity index is 518. The molecule has 0 amide bonds. The Morgan fingerprint density at radius 1 is 1.18 bits per heavy atom. The van der Waals surface area contributed by atoms with Crippen LogP contribution in [-0.2, 0) is 0 Å². The molecule has 3 nitrogen and oxygen atoms in total. The van der Waals surface area contributed by atoms with Gasteiger partial charge in [-0.15, -0.1) is 0 Å². The number of nitrogens with two attached hydrogens (primary N) is 1. The Morgan fingerprint density at radius 2 is 1.76 bits per heavy atom. The molecule has 17 heavy (non-hydrogen) atoms. The molecule has 0 spiro atoms. The molecular weight excluding hydrogens is 210 g/mol. The summed E-state index contributed by atoms with van der Waals surface area (Å²) in [6.45, 7) is 8.50. The van der Waals surface area contributed by atoms with Crippen molar-refractivity contribution in [1.29, 1.82) is 0 Å². The highest BCUT2D eigenvalue weighted by atomic mass is 15.2. The van der Waals surface area contributed by atoms with Crippen LogP contribution in [0.15, 0.2) is 18.2 Å². The van der Waals surface area contributed by atoms with Crippen LogP contribution in [0.25, 0.3) is 11.3 Å². The lowest BCUT2D eigenvalue weighted by Crippen LogP contribution is -1.97. The van der Waals surface area contributed by atoms with E-state index in [-0.39, 0.29) is 0 Å². The fourth-order valence-electron chi connectivity index (χ4n) is 2.35. The third-order valence-corrected chi connectivity index (χ3v) is 3.14. The zero-order valence-electron chi connectivity index (χ0n) is 10.8. The number of hydrogen-bond donors (Lipinski definition) is 2. The van der Waals surface area contributed by atoms with Crippen LogP contribution >= 0.6 is 0 Å². The van der Waals surface area contributed by atoms with E-state index < -0.39 is 0 Å². The van der Waals surface area contributed by atoms with Gasteiger partial charge in [-0.05, 0) is 30.9 Å². The Labute approximate surface area is 102 Å². The quantitative estimate of drug-likeness (QED) is 0.829. The second kappa shape index (κ2) is 4.24. The maximum Gasteiger partial charge on any atom is 0.149 e. The van der Waals surface area contributed by atoms with E-state index in [2.05, 4.69) is 56.1 Å². The number of nitrogen functional groups attached to an aromatic ring is 1. The van der Waals surface area contributed by atoms with Gasteiger partial charge in [-0.3, -0.25) is 5.10 Å². The Morgan fingerprint density at radius 3 is 2.29 bits per heavy atom. The van der Waals surface area contributed by atoms with E-state index in [4.69, 9.17) is 5.73 Å². The molecule has 0 unspecified atom stereocenters. The van der Waals surface area contributed by atoms with Gasteiger partial charge in [0, 0.05) is 11.1 Å². The second-order valence-corrected chi connectivity index (χ2v) is 4.82. The third-order valence-electron chi connectivity index (χ3n) is 3.14. The van der Waals surface area contributed by atoms with E-state index in [1.54, 1.807) is 0 Å². The van der Waals surface area contributed by atoms with Crippen LogP contribution in [0.3, 0.4) is 0 Å². The first-order valence-corrected chi connectivity index (χ1v) is 5.92. The van der Waals surface area contributed by atoms with Gasteiger partial charge in [0.1, 0.15) is 5.82 Å². The Hall–Kier alpha value is -1.77. The highest BCUT2D eigenvalue weighted by Crippen LogP contribution is 2.34. The smallest absolute Gasteiger partial charge is 0.149 e. The lowest BCUT2D eigenvalue weighted by molar-refractivity contribution is 0.873. The van der Waals surface area contributed by atoms with Gasteiger partial charge >= 0.3 is 0 Å². The van der Waals surface area contributed by atoms with Crippen molar-refractivity contribution in [2.45, 2.75) is 33.6 Å². The van der Waals surface area contributed by atoms with Crippen molar-refractivity contribution in [2.24, 2.45) is 0 Å². The van der Waals surface area contributed by atoms with Crippen LogP contribution in [0, 0.1) is 13.8 Å². The molecule has 0 saturated carbocycles. The van der Waals surface area contributed by atoms with Gasteiger partial charge in [0.2, 0.25) is 0 Å². The van der Waals surface area contributed by atoms with Crippen LogP contribution in [0.2, 0.25) is 0 Å². The molecule has 3 heteroatoms. The van der Waals surface area contributed by atoms with Gasteiger partial charge < -0.3 is 5.73 Å². The van der Waals surface area contributed by atoms with Crippen molar-refractivity contribution in [3.8, 4) is 11.3 Å². The maximum absolute atomic E-state index is 5.94. The molecule has 90 valence electrons. The molecule has 0 atom stereocenters. The van der Waals surface area contributed by atoms with E-state index >= 15 is 0 Å². The van der Waals surface area contributed by atoms with Crippen molar-refractivity contribution in [3.05, 3.63) is 34.9 Å².